The van der Waals surface area contributed by atoms with Gasteiger partial charge >= 0.3 is 0 Å². The molecular formula is C15H18O2. The summed E-state index contributed by atoms with van der Waals surface area (Å²) < 4.78 is 5.95. The summed E-state index contributed by atoms with van der Waals surface area (Å²) in [6.07, 6.45) is 5.20. The minimum Gasteiger partial charge on any atom is -0.488 e. The van der Waals surface area contributed by atoms with Crippen molar-refractivity contribution in [2.45, 2.75) is 50.5 Å². The van der Waals surface area contributed by atoms with Gasteiger partial charge in [0, 0.05) is 0 Å². The van der Waals surface area contributed by atoms with Gasteiger partial charge in [-0.05, 0) is 56.7 Å². The molecule has 1 heterocycles. The van der Waals surface area contributed by atoms with Crippen molar-refractivity contribution in [1.82, 2.24) is 0 Å². The molecule has 0 aromatic heterocycles. The SMILES string of the molecule is CC1(C)CCc2cc(C3(C=O)CC3)ccc2O1. The predicted molar refractivity (Wildman–Crippen MR) is 66.4 cm³/mol. The summed E-state index contributed by atoms with van der Waals surface area (Å²) >= 11 is 0. The molecule has 90 valence electrons. The highest BCUT2D eigenvalue weighted by atomic mass is 16.5. The summed E-state index contributed by atoms with van der Waals surface area (Å²) in [5, 5.41) is 0. The molecule has 0 spiro atoms. The molecule has 2 aliphatic rings. The molecule has 0 N–H and O–H groups in total. The van der Waals surface area contributed by atoms with Gasteiger partial charge in [-0.2, -0.15) is 0 Å². The van der Waals surface area contributed by atoms with Crippen LogP contribution in [-0.2, 0) is 16.6 Å². The second kappa shape index (κ2) is 3.34. The van der Waals surface area contributed by atoms with Gasteiger partial charge in [0.1, 0.15) is 17.6 Å². The molecule has 1 fully saturated rings. The smallest absolute Gasteiger partial charge is 0.130 e. The molecule has 0 saturated heterocycles. The first kappa shape index (κ1) is 10.8. The van der Waals surface area contributed by atoms with E-state index in [9.17, 15) is 4.79 Å². The van der Waals surface area contributed by atoms with E-state index in [4.69, 9.17) is 4.74 Å². The first-order valence-corrected chi connectivity index (χ1v) is 6.33. The number of carbonyl (C=O) groups excluding carboxylic acids is 1. The third-order valence-electron chi connectivity index (χ3n) is 4.03. The summed E-state index contributed by atoms with van der Waals surface area (Å²) in [5.41, 5.74) is 2.21. The molecule has 2 heteroatoms. The van der Waals surface area contributed by atoms with Crippen LogP contribution in [-0.4, -0.2) is 11.9 Å². The van der Waals surface area contributed by atoms with E-state index in [0.29, 0.717) is 0 Å². The van der Waals surface area contributed by atoms with Crippen molar-refractivity contribution in [1.29, 1.82) is 0 Å². The zero-order chi connectivity index (χ0) is 12.1. The minimum absolute atomic E-state index is 0.0591. The second-order valence-corrected chi connectivity index (χ2v) is 5.96. The normalized spacial score (nSPS) is 23.4. The average Bonchev–Trinajstić information content (AvgIpc) is 3.08. The van der Waals surface area contributed by atoms with Crippen LogP contribution in [0.3, 0.4) is 0 Å². The first-order chi connectivity index (χ1) is 8.05. The highest BCUT2D eigenvalue weighted by molar-refractivity contribution is 5.73. The molecule has 1 aliphatic carbocycles. The fraction of sp³-hybridized carbons (Fsp3) is 0.533. The van der Waals surface area contributed by atoms with Gasteiger partial charge in [-0.3, -0.25) is 0 Å². The molecule has 0 amide bonds. The van der Waals surface area contributed by atoms with Crippen LogP contribution in [0.5, 0.6) is 5.75 Å². The summed E-state index contributed by atoms with van der Waals surface area (Å²) in [7, 11) is 0. The fourth-order valence-electron chi connectivity index (χ4n) is 2.58. The molecule has 1 aliphatic heterocycles. The Balaban J connectivity index is 1.96. The van der Waals surface area contributed by atoms with Crippen molar-refractivity contribution in [3.8, 4) is 5.75 Å². The predicted octanol–water partition coefficient (Wildman–Crippen LogP) is 3.02. The molecule has 0 unspecified atom stereocenters. The lowest BCUT2D eigenvalue weighted by Crippen LogP contribution is -2.32. The van der Waals surface area contributed by atoms with Crippen molar-refractivity contribution in [2.75, 3.05) is 0 Å². The minimum atomic E-state index is -0.165. The number of aldehydes is 1. The summed E-state index contributed by atoms with van der Waals surface area (Å²) in [5.74, 6) is 0.992. The van der Waals surface area contributed by atoms with Crippen molar-refractivity contribution >= 4 is 6.29 Å². The summed E-state index contributed by atoms with van der Waals surface area (Å²) in [4.78, 5) is 11.1. The molecular weight excluding hydrogens is 212 g/mol. The van der Waals surface area contributed by atoms with Crippen LogP contribution in [0.1, 0.15) is 44.2 Å². The number of benzene rings is 1. The Hall–Kier alpha value is -1.31. The largest absolute Gasteiger partial charge is 0.488 e. The van der Waals surface area contributed by atoms with E-state index in [2.05, 4.69) is 26.0 Å². The molecule has 1 saturated carbocycles. The van der Waals surface area contributed by atoms with Crippen LogP contribution in [0.4, 0.5) is 0 Å². The monoisotopic (exact) mass is 230 g/mol. The highest BCUT2D eigenvalue weighted by Crippen LogP contribution is 2.47. The van der Waals surface area contributed by atoms with Crippen LogP contribution >= 0.6 is 0 Å². The van der Waals surface area contributed by atoms with Crippen molar-refractivity contribution in [3.05, 3.63) is 29.3 Å². The maximum absolute atomic E-state index is 11.1. The molecule has 2 nitrogen and oxygen atoms in total. The molecule has 0 atom stereocenters. The van der Waals surface area contributed by atoms with Crippen molar-refractivity contribution < 1.29 is 9.53 Å². The van der Waals surface area contributed by atoms with Gasteiger partial charge in [-0.15, -0.1) is 0 Å². The third-order valence-corrected chi connectivity index (χ3v) is 4.03. The van der Waals surface area contributed by atoms with Gasteiger partial charge in [-0.25, -0.2) is 0 Å². The lowest BCUT2D eigenvalue weighted by molar-refractivity contribution is -0.109. The van der Waals surface area contributed by atoms with Gasteiger partial charge in [-0.1, -0.05) is 12.1 Å². The maximum atomic E-state index is 11.1. The Labute approximate surface area is 102 Å². The molecule has 1 aromatic carbocycles. The zero-order valence-corrected chi connectivity index (χ0v) is 10.5. The van der Waals surface area contributed by atoms with E-state index in [-0.39, 0.29) is 11.0 Å². The van der Waals surface area contributed by atoms with E-state index < -0.39 is 0 Å². The molecule has 0 radical (unpaired) electrons. The fourth-order valence-corrected chi connectivity index (χ4v) is 2.58. The maximum Gasteiger partial charge on any atom is 0.130 e. The Kier molecular flexibility index (Phi) is 2.13. The van der Waals surface area contributed by atoms with Gasteiger partial charge in [0.2, 0.25) is 0 Å². The van der Waals surface area contributed by atoms with E-state index in [0.717, 1.165) is 37.7 Å². The number of hydrogen-bond acceptors (Lipinski definition) is 2. The second-order valence-electron chi connectivity index (χ2n) is 5.96. The number of hydrogen-bond donors (Lipinski definition) is 0. The lowest BCUT2D eigenvalue weighted by Gasteiger charge is -2.33. The first-order valence-electron chi connectivity index (χ1n) is 6.33. The summed E-state index contributed by atoms with van der Waals surface area (Å²) in [6, 6.07) is 6.27. The Bertz CT molecular complexity index is 470. The van der Waals surface area contributed by atoms with Gasteiger partial charge in [0.15, 0.2) is 0 Å². The Morgan fingerprint density at radius 3 is 2.65 bits per heavy atom. The highest BCUT2D eigenvalue weighted by Gasteiger charge is 2.44. The number of carbonyl (C=O) groups is 1. The van der Waals surface area contributed by atoms with E-state index >= 15 is 0 Å². The van der Waals surface area contributed by atoms with Crippen molar-refractivity contribution in [2.24, 2.45) is 0 Å². The van der Waals surface area contributed by atoms with Crippen LogP contribution in [0, 0.1) is 0 Å². The topological polar surface area (TPSA) is 26.3 Å². The molecule has 17 heavy (non-hydrogen) atoms. The lowest BCUT2D eigenvalue weighted by atomic mass is 9.90. The van der Waals surface area contributed by atoms with E-state index in [1.807, 2.05) is 6.07 Å². The van der Waals surface area contributed by atoms with Crippen LogP contribution in [0.2, 0.25) is 0 Å². The van der Waals surface area contributed by atoms with E-state index in [1.165, 1.54) is 11.1 Å². The summed E-state index contributed by atoms with van der Waals surface area (Å²) in [6.45, 7) is 4.25. The van der Waals surface area contributed by atoms with Gasteiger partial charge < -0.3 is 9.53 Å². The van der Waals surface area contributed by atoms with E-state index in [1.54, 1.807) is 0 Å². The van der Waals surface area contributed by atoms with Crippen LogP contribution in [0.15, 0.2) is 18.2 Å². The van der Waals surface area contributed by atoms with Crippen molar-refractivity contribution in [3.63, 3.8) is 0 Å². The Morgan fingerprint density at radius 1 is 1.24 bits per heavy atom. The quantitative estimate of drug-likeness (QED) is 0.730. The zero-order valence-electron chi connectivity index (χ0n) is 10.5. The number of aryl methyl sites for hydroxylation is 1. The molecule has 1 aromatic rings. The van der Waals surface area contributed by atoms with Gasteiger partial charge in [0.05, 0.1) is 5.41 Å². The average molecular weight is 230 g/mol. The van der Waals surface area contributed by atoms with Crippen LogP contribution < -0.4 is 4.74 Å². The standard InChI is InChI=1S/C15H18O2/c1-14(2)6-5-11-9-12(3-4-13(11)17-14)15(10-16)7-8-15/h3-4,9-10H,5-8H2,1-2H3. The number of ether oxygens (including phenoxy) is 1. The van der Waals surface area contributed by atoms with Crippen LogP contribution in [0.25, 0.3) is 0 Å². The van der Waals surface area contributed by atoms with Gasteiger partial charge in [0.25, 0.3) is 0 Å². The Morgan fingerprint density at radius 2 is 2.00 bits per heavy atom. The molecule has 0 bridgehead atoms. The number of rotatable bonds is 2. The number of fused-ring (bicyclic) bond motifs is 1. The molecule has 3 rings (SSSR count). The third kappa shape index (κ3) is 1.76.